The van der Waals surface area contributed by atoms with E-state index in [1.165, 1.54) is 11.3 Å². The molecule has 1 atom stereocenters. The van der Waals surface area contributed by atoms with Gasteiger partial charge in [0.2, 0.25) is 5.91 Å². The highest BCUT2D eigenvalue weighted by molar-refractivity contribution is 7.13. The van der Waals surface area contributed by atoms with Crippen molar-refractivity contribution in [3.05, 3.63) is 70.7 Å². The van der Waals surface area contributed by atoms with Crippen molar-refractivity contribution in [2.45, 2.75) is 19.4 Å². The van der Waals surface area contributed by atoms with E-state index >= 15 is 0 Å². The van der Waals surface area contributed by atoms with Crippen LogP contribution < -0.4 is 10.6 Å². The molecule has 1 aliphatic rings. The van der Waals surface area contributed by atoms with E-state index in [-0.39, 0.29) is 17.9 Å². The molecule has 1 unspecified atom stereocenters. The van der Waals surface area contributed by atoms with Gasteiger partial charge in [0.05, 0.1) is 12.5 Å². The van der Waals surface area contributed by atoms with Crippen molar-refractivity contribution < 1.29 is 9.59 Å². The fraction of sp³-hybridized carbons (Fsp3) is 0.150. The molecular weight excluding hydrogens is 346 g/mol. The molecule has 1 aromatic heterocycles. The maximum atomic E-state index is 12.5. The smallest absolute Gasteiger partial charge is 0.271 e. The molecule has 2 aromatic carbocycles. The minimum Gasteiger partial charge on any atom is -0.344 e. The zero-order valence-corrected chi connectivity index (χ0v) is 15.0. The van der Waals surface area contributed by atoms with Gasteiger partial charge in [0.15, 0.2) is 0 Å². The molecule has 2 amide bonds. The summed E-state index contributed by atoms with van der Waals surface area (Å²) in [7, 11) is 0. The van der Waals surface area contributed by atoms with E-state index in [0.29, 0.717) is 12.1 Å². The summed E-state index contributed by atoms with van der Waals surface area (Å²) in [5, 5.41) is 8.39. The first kappa shape index (κ1) is 16.5. The first-order valence-electron chi connectivity index (χ1n) is 8.34. The average molecular weight is 363 g/mol. The number of nitrogens with one attached hydrogen (secondary N) is 2. The predicted molar refractivity (Wildman–Crippen MR) is 102 cm³/mol. The molecule has 2 N–H and O–H groups in total. The number of fused-ring (bicyclic) bond motifs is 1. The second-order valence-electron chi connectivity index (χ2n) is 6.24. The van der Waals surface area contributed by atoms with Crippen molar-refractivity contribution in [1.82, 2.24) is 10.3 Å². The molecule has 0 saturated carbocycles. The fourth-order valence-corrected chi connectivity index (χ4v) is 3.77. The number of hydrogen-bond donors (Lipinski definition) is 2. The minimum atomic E-state index is -0.203. The number of amides is 2. The topological polar surface area (TPSA) is 71.1 Å². The van der Waals surface area contributed by atoms with E-state index in [4.69, 9.17) is 0 Å². The summed E-state index contributed by atoms with van der Waals surface area (Å²) in [6, 6.07) is 15.4. The van der Waals surface area contributed by atoms with Crippen LogP contribution in [-0.2, 0) is 11.2 Å². The highest BCUT2D eigenvalue weighted by Crippen LogP contribution is 2.27. The molecule has 2 heterocycles. The number of benzene rings is 2. The first-order valence-corrected chi connectivity index (χ1v) is 9.22. The van der Waals surface area contributed by atoms with Gasteiger partial charge in [-0.05, 0) is 24.1 Å². The zero-order valence-electron chi connectivity index (χ0n) is 14.2. The number of anilines is 1. The van der Waals surface area contributed by atoms with Crippen LogP contribution in [0.15, 0.2) is 53.9 Å². The van der Waals surface area contributed by atoms with Crippen LogP contribution in [0, 0.1) is 0 Å². The summed E-state index contributed by atoms with van der Waals surface area (Å²) in [5.74, 6) is -0.199. The first-order chi connectivity index (χ1) is 12.6. The number of carbonyl (C=O) groups is 2. The summed E-state index contributed by atoms with van der Waals surface area (Å²) < 4.78 is 0. The largest absolute Gasteiger partial charge is 0.344 e. The molecule has 0 aliphatic carbocycles. The Balaban J connectivity index is 1.48. The zero-order chi connectivity index (χ0) is 18.1. The Labute approximate surface area is 155 Å². The number of aromatic nitrogens is 1. The van der Waals surface area contributed by atoms with Crippen molar-refractivity contribution in [3.63, 3.8) is 0 Å². The molecule has 4 rings (SSSR count). The lowest BCUT2D eigenvalue weighted by molar-refractivity contribution is -0.115. The van der Waals surface area contributed by atoms with Crippen molar-refractivity contribution in [1.29, 1.82) is 0 Å². The van der Waals surface area contributed by atoms with Gasteiger partial charge < -0.3 is 10.6 Å². The Hall–Kier alpha value is -2.99. The van der Waals surface area contributed by atoms with Gasteiger partial charge in [-0.3, -0.25) is 9.59 Å². The molecule has 6 heteroatoms. The van der Waals surface area contributed by atoms with Crippen molar-refractivity contribution in [3.8, 4) is 10.6 Å². The van der Waals surface area contributed by atoms with E-state index in [0.717, 1.165) is 27.4 Å². The maximum Gasteiger partial charge on any atom is 0.271 e. The summed E-state index contributed by atoms with van der Waals surface area (Å²) in [4.78, 5) is 28.4. The molecule has 130 valence electrons. The molecule has 3 aromatic rings. The number of carbonyl (C=O) groups excluding carboxylic acids is 2. The predicted octanol–water partition coefficient (Wildman–Crippen LogP) is 3.80. The average Bonchev–Trinajstić information content (AvgIpc) is 3.27. The van der Waals surface area contributed by atoms with Gasteiger partial charge >= 0.3 is 0 Å². The van der Waals surface area contributed by atoms with E-state index in [9.17, 15) is 9.59 Å². The van der Waals surface area contributed by atoms with Crippen molar-refractivity contribution in [2.75, 3.05) is 5.32 Å². The van der Waals surface area contributed by atoms with E-state index in [1.54, 1.807) is 5.38 Å². The Morgan fingerprint density at radius 1 is 1.23 bits per heavy atom. The van der Waals surface area contributed by atoms with Crippen molar-refractivity contribution >= 4 is 28.8 Å². The molecule has 0 bridgehead atoms. The molecule has 1 aliphatic heterocycles. The van der Waals surface area contributed by atoms with Crippen LogP contribution in [0.4, 0.5) is 5.69 Å². The highest BCUT2D eigenvalue weighted by Gasteiger charge is 2.20. The van der Waals surface area contributed by atoms with Gasteiger partial charge in [0.25, 0.3) is 5.91 Å². The third-order valence-electron chi connectivity index (χ3n) is 4.36. The van der Waals surface area contributed by atoms with E-state index in [2.05, 4.69) is 15.6 Å². The van der Waals surface area contributed by atoms with E-state index < -0.39 is 0 Å². The van der Waals surface area contributed by atoms with Gasteiger partial charge in [-0.2, -0.15) is 0 Å². The molecule has 0 fully saturated rings. The van der Waals surface area contributed by atoms with E-state index in [1.807, 2.05) is 55.5 Å². The third kappa shape index (κ3) is 3.23. The number of thiazole rings is 1. The highest BCUT2D eigenvalue weighted by atomic mass is 32.1. The lowest BCUT2D eigenvalue weighted by Crippen LogP contribution is -2.27. The van der Waals surface area contributed by atoms with Crippen LogP contribution in [0.3, 0.4) is 0 Å². The number of hydrogen-bond acceptors (Lipinski definition) is 4. The SMILES string of the molecule is CC(NC(=O)c1csc(-c2ccccc2)n1)c1ccc2c(c1)CC(=O)N2. The summed E-state index contributed by atoms with van der Waals surface area (Å²) >= 11 is 1.45. The van der Waals surface area contributed by atoms with Crippen LogP contribution >= 0.6 is 11.3 Å². The van der Waals surface area contributed by atoms with Gasteiger partial charge in [-0.15, -0.1) is 11.3 Å². The van der Waals surface area contributed by atoms with Crippen molar-refractivity contribution in [2.24, 2.45) is 0 Å². The lowest BCUT2D eigenvalue weighted by atomic mass is 10.0. The Kier molecular flexibility index (Phi) is 4.26. The van der Waals surface area contributed by atoms with Crippen LogP contribution in [0.2, 0.25) is 0 Å². The molecule has 0 saturated heterocycles. The summed E-state index contributed by atoms with van der Waals surface area (Å²) in [6.45, 7) is 1.92. The summed E-state index contributed by atoms with van der Waals surface area (Å²) in [5.41, 5.74) is 4.20. The van der Waals surface area contributed by atoms with Gasteiger partial charge in [-0.1, -0.05) is 42.5 Å². The number of nitrogens with zero attached hydrogens (tertiary/aromatic N) is 1. The molecule has 26 heavy (non-hydrogen) atoms. The summed E-state index contributed by atoms with van der Waals surface area (Å²) in [6.07, 6.45) is 0.385. The van der Waals surface area contributed by atoms with Gasteiger partial charge in [0, 0.05) is 16.6 Å². The molecule has 0 spiro atoms. The van der Waals surface area contributed by atoms with Crippen LogP contribution in [-0.4, -0.2) is 16.8 Å². The molecule has 5 nitrogen and oxygen atoms in total. The van der Waals surface area contributed by atoms with Gasteiger partial charge in [0.1, 0.15) is 10.7 Å². The lowest BCUT2D eigenvalue weighted by Gasteiger charge is -2.14. The Bertz CT molecular complexity index is 982. The minimum absolute atomic E-state index is 0.00440. The van der Waals surface area contributed by atoms with Crippen LogP contribution in [0.25, 0.3) is 10.6 Å². The van der Waals surface area contributed by atoms with Crippen LogP contribution in [0.5, 0.6) is 0 Å². The Morgan fingerprint density at radius 3 is 2.85 bits per heavy atom. The monoisotopic (exact) mass is 363 g/mol. The standard InChI is InChI=1S/C20H17N3O2S/c1-12(14-7-8-16-15(9-14)10-18(24)22-16)21-19(25)17-11-26-20(23-17)13-5-3-2-4-6-13/h2-9,11-12H,10H2,1H3,(H,21,25)(H,22,24). The number of rotatable bonds is 4. The van der Waals surface area contributed by atoms with Gasteiger partial charge in [-0.25, -0.2) is 4.98 Å². The molecule has 0 radical (unpaired) electrons. The second kappa shape index (κ2) is 6.72. The quantitative estimate of drug-likeness (QED) is 0.741. The fourth-order valence-electron chi connectivity index (χ4n) is 2.96. The maximum absolute atomic E-state index is 12.5. The Morgan fingerprint density at radius 2 is 2.04 bits per heavy atom. The van der Waals surface area contributed by atoms with Crippen LogP contribution in [0.1, 0.15) is 34.6 Å². The molecular formula is C20H17N3O2S. The normalized spacial score (nSPS) is 13.8. The third-order valence-corrected chi connectivity index (χ3v) is 5.25. The second-order valence-corrected chi connectivity index (χ2v) is 7.10.